The van der Waals surface area contributed by atoms with Crippen molar-refractivity contribution in [3.8, 4) is 0 Å². The Bertz CT molecular complexity index is 792. The summed E-state index contributed by atoms with van der Waals surface area (Å²) in [5.74, 6) is -0.255. The van der Waals surface area contributed by atoms with E-state index < -0.39 is 24.4 Å². The van der Waals surface area contributed by atoms with Crippen molar-refractivity contribution in [2.24, 2.45) is 0 Å². The standard InChI is InChI=1S/C22H27NO5/c1-2-4-14-7-9-17(10-8-14)23-22(27)16-6-3-5-15(11-16)21-19(26)12-18(25)20(13-24)28-21/h3,5-11,18-21,24-26H,2,4,12-13H2,1H3,(H,23,27)/t18-,19-,20+,21+/m0/s1. The molecule has 0 saturated carbocycles. The molecule has 4 N–H and O–H groups in total. The lowest BCUT2D eigenvalue weighted by Crippen LogP contribution is -2.44. The van der Waals surface area contributed by atoms with Gasteiger partial charge in [-0.05, 0) is 41.8 Å². The van der Waals surface area contributed by atoms with Crippen molar-refractivity contribution in [1.29, 1.82) is 0 Å². The fraction of sp³-hybridized carbons (Fsp3) is 0.409. The summed E-state index contributed by atoms with van der Waals surface area (Å²) >= 11 is 0. The fourth-order valence-electron chi connectivity index (χ4n) is 3.46. The molecule has 3 rings (SSSR count). The molecule has 28 heavy (non-hydrogen) atoms. The first kappa shape index (κ1) is 20.5. The van der Waals surface area contributed by atoms with Gasteiger partial charge in [-0.2, -0.15) is 0 Å². The van der Waals surface area contributed by atoms with Crippen molar-refractivity contribution in [2.75, 3.05) is 11.9 Å². The first-order valence-electron chi connectivity index (χ1n) is 9.64. The minimum absolute atomic E-state index is 0.108. The van der Waals surface area contributed by atoms with Crippen molar-refractivity contribution in [3.63, 3.8) is 0 Å². The molecular formula is C22H27NO5. The number of carbonyl (C=O) groups excluding carboxylic acids is 1. The Morgan fingerprint density at radius 3 is 2.57 bits per heavy atom. The third-order valence-electron chi connectivity index (χ3n) is 4.99. The van der Waals surface area contributed by atoms with Gasteiger partial charge in [-0.25, -0.2) is 0 Å². The third-order valence-corrected chi connectivity index (χ3v) is 4.99. The maximum Gasteiger partial charge on any atom is 0.255 e. The van der Waals surface area contributed by atoms with Gasteiger partial charge in [0, 0.05) is 17.7 Å². The molecule has 6 nitrogen and oxygen atoms in total. The van der Waals surface area contributed by atoms with Gasteiger partial charge in [0.2, 0.25) is 0 Å². The van der Waals surface area contributed by atoms with Crippen LogP contribution in [-0.2, 0) is 11.2 Å². The third kappa shape index (κ3) is 4.77. The lowest BCUT2D eigenvalue weighted by Gasteiger charge is -2.36. The number of hydrogen-bond acceptors (Lipinski definition) is 5. The second-order valence-corrected chi connectivity index (χ2v) is 7.17. The van der Waals surface area contributed by atoms with Crippen LogP contribution in [0.5, 0.6) is 0 Å². The highest BCUT2D eigenvalue weighted by molar-refractivity contribution is 6.04. The zero-order valence-corrected chi connectivity index (χ0v) is 15.9. The van der Waals surface area contributed by atoms with E-state index in [-0.39, 0.29) is 18.9 Å². The largest absolute Gasteiger partial charge is 0.394 e. The zero-order valence-electron chi connectivity index (χ0n) is 15.9. The van der Waals surface area contributed by atoms with Crippen LogP contribution in [0.2, 0.25) is 0 Å². The fourth-order valence-corrected chi connectivity index (χ4v) is 3.46. The Morgan fingerprint density at radius 1 is 1.14 bits per heavy atom. The molecule has 0 unspecified atom stereocenters. The van der Waals surface area contributed by atoms with E-state index in [4.69, 9.17) is 4.74 Å². The summed E-state index contributed by atoms with van der Waals surface area (Å²) in [6.45, 7) is 1.79. The van der Waals surface area contributed by atoms with E-state index in [2.05, 4.69) is 12.2 Å². The molecule has 4 atom stereocenters. The Hall–Kier alpha value is -2.25. The van der Waals surface area contributed by atoms with Crippen LogP contribution in [0.15, 0.2) is 48.5 Å². The molecule has 0 spiro atoms. The Labute approximate surface area is 164 Å². The van der Waals surface area contributed by atoms with Crippen LogP contribution in [0, 0.1) is 0 Å². The SMILES string of the molecule is CCCc1ccc(NC(=O)c2cccc([C@H]3O[C@H](CO)[C@@H](O)C[C@@H]3O)c2)cc1. The van der Waals surface area contributed by atoms with Crippen molar-refractivity contribution < 1.29 is 24.9 Å². The van der Waals surface area contributed by atoms with Gasteiger partial charge in [0.15, 0.2) is 0 Å². The van der Waals surface area contributed by atoms with E-state index in [1.807, 2.05) is 24.3 Å². The molecule has 1 heterocycles. The monoisotopic (exact) mass is 385 g/mol. The number of aliphatic hydroxyl groups is 3. The number of rotatable bonds is 6. The molecule has 0 aromatic heterocycles. The lowest BCUT2D eigenvalue weighted by atomic mass is 9.93. The lowest BCUT2D eigenvalue weighted by molar-refractivity contribution is -0.181. The number of hydrogen-bond donors (Lipinski definition) is 4. The number of aliphatic hydroxyl groups excluding tert-OH is 3. The summed E-state index contributed by atoms with van der Waals surface area (Å²) in [5.41, 5.74) is 3.01. The number of carbonyl (C=O) groups is 1. The van der Waals surface area contributed by atoms with Crippen LogP contribution in [0.3, 0.4) is 0 Å². The summed E-state index contributed by atoms with van der Waals surface area (Å²) in [6.07, 6.45) is -1.11. The molecule has 2 aromatic carbocycles. The average molecular weight is 385 g/mol. The van der Waals surface area contributed by atoms with Crippen LogP contribution >= 0.6 is 0 Å². The highest BCUT2D eigenvalue weighted by Gasteiger charge is 2.36. The molecule has 2 aromatic rings. The van der Waals surface area contributed by atoms with Crippen molar-refractivity contribution >= 4 is 11.6 Å². The van der Waals surface area contributed by atoms with Crippen LogP contribution < -0.4 is 5.32 Å². The number of amides is 1. The molecule has 0 bridgehead atoms. The first-order valence-corrected chi connectivity index (χ1v) is 9.64. The summed E-state index contributed by atoms with van der Waals surface area (Å²) < 4.78 is 5.65. The summed E-state index contributed by atoms with van der Waals surface area (Å²) in [7, 11) is 0. The second-order valence-electron chi connectivity index (χ2n) is 7.17. The maximum absolute atomic E-state index is 12.6. The van der Waals surface area contributed by atoms with Gasteiger partial charge in [0.1, 0.15) is 12.2 Å². The van der Waals surface area contributed by atoms with Crippen molar-refractivity contribution in [2.45, 2.75) is 50.6 Å². The number of anilines is 1. The van der Waals surface area contributed by atoms with Gasteiger partial charge in [-0.1, -0.05) is 37.6 Å². The normalized spacial score (nSPS) is 24.7. The smallest absolute Gasteiger partial charge is 0.255 e. The first-order chi connectivity index (χ1) is 13.5. The molecule has 1 aliphatic heterocycles. The summed E-state index contributed by atoms with van der Waals surface area (Å²) in [6, 6.07) is 14.6. The van der Waals surface area contributed by atoms with Gasteiger partial charge in [-0.15, -0.1) is 0 Å². The molecule has 1 amide bonds. The van der Waals surface area contributed by atoms with Gasteiger partial charge >= 0.3 is 0 Å². The molecule has 1 saturated heterocycles. The quantitative estimate of drug-likeness (QED) is 0.612. The van der Waals surface area contributed by atoms with Crippen molar-refractivity contribution in [1.82, 2.24) is 0 Å². The number of ether oxygens (including phenoxy) is 1. The number of nitrogens with one attached hydrogen (secondary N) is 1. The van der Waals surface area contributed by atoms with Crippen LogP contribution in [0.4, 0.5) is 5.69 Å². The highest BCUT2D eigenvalue weighted by Crippen LogP contribution is 2.32. The van der Waals surface area contributed by atoms with Gasteiger partial charge < -0.3 is 25.4 Å². The molecule has 150 valence electrons. The predicted molar refractivity (Wildman–Crippen MR) is 106 cm³/mol. The Balaban J connectivity index is 1.72. The maximum atomic E-state index is 12.6. The minimum atomic E-state index is -0.918. The Kier molecular flexibility index (Phi) is 6.80. The Morgan fingerprint density at radius 2 is 1.89 bits per heavy atom. The van der Waals surface area contributed by atoms with Gasteiger partial charge in [-0.3, -0.25) is 4.79 Å². The molecule has 1 aliphatic rings. The van der Waals surface area contributed by atoms with E-state index in [9.17, 15) is 20.1 Å². The van der Waals surface area contributed by atoms with E-state index in [1.54, 1.807) is 24.3 Å². The van der Waals surface area contributed by atoms with Crippen molar-refractivity contribution in [3.05, 3.63) is 65.2 Å². The molecule has 0 aliphatic carbocycles. The molecule has 6 heteroatoms. The summed E-state index contributed by atoms with van der Waals surface area (Å²) in [5, 5.41) is 32.3. The van der Waals surface area contributed by atoms with E-state index in [0.717, 1.165) is 12.8 Å². The van der Waals surface area contributed by atoms with Gasteiger partial charge in [0.05, 0.1) is 18.8 Å². The minimum Gasteiger partial charge on any atom is -0.394 e. The van der Waals surface area contributed by atoms with Crippen LogP contribution in [0.1, 0.15) is 47.4 Å². The van der Waals surface area contributed by atoms with Crippen LogP contribution in [0.25, 0.3) is 0 Å². The average Bonchev–Trinajstić information content (AvgIpc) is 2.70. The number of aryl methyl sites for hydroxylation is 1. The van der Waals surface area contributed by atoms with Gasteiger partial charge in [0.25, 0.3) is 5.91 Å². The summed E-state index contributed by atoms with van der Waals surface area (Å²) in [4.78, 5) is 12.6. The second kappa shape index (κ2) is 9.30. The topological polar surface area (TPSA) is 99.0 Å². The van der Waals surface area contributed by atoms with E-state index in [0.29, 0.717) is 16.8 Å². The van der Waals surface area contributed by atoms with E-state index >= 15 is 0 Å². The molecular weight excluding hydrogens is 358 g/mol. The number of benzene rings is 2. The highest BCUT2D eigenvalue weighted by atomic mass is 16.5. The van der Waals surface area contributed by atoms with E-state index in [1.165, 1.54) is 5.56 Å². The predicted octanol–water partition coefficient (Wildman–Crippen LogP) is 2.44. The van der Waals surface area contributed by atoms with Crippen LogP contribution in [-0.4, -0.2) is 46.1 Å². The molecule has 1 fully saturated rings. The zero-order chi connectivity index (χ0) is 20.1. The molecule has 0 radical (unpaired) electrons.